The van der Waals surface area contributed by atoms with E-state index in [0.29, 0.717) is 6.17 Å². The summed E-state index contributed by atoms with van der Waals surface area (Å²) in [4.78, 5) is 2.32. The second-order valence-electron chi connectivity index (χ2n) is 5.72. The maximum Gasteiger partial charge on any atom is 0.0981 e. The van der Waals surface area contributed by atoms with Gasteiger partial charge in [-0.3, -0.25) is 0 Å². The summed E-state index contributed by atoms with van der Waals surface area (Å²) in [5, 5.41) is 3.40. The highest BCUT2D eigenvalue weighted by molar-refractivity contribution is 4.94. The molecule has 0 bridgehead atoms. The van der Waals surface area contributed by atoms with E-state index in [2.05, 4.69) is 23.0 Å². The van der Waals surface area contributed by atoms with Gasteiger partial charge in [0.15, 0.2) is 0 Å². The highest BCUT2D eigenvalue weighted by Gasteiger charge is 2.16. The Balaban J connectivity index is 1.86. The van der Waals surface area contributed by atoms with Gasteiger partial charge in [0, 0.05) is 25.5 Å². The molecule has 1 atom stereocenters. The molecule has 0 aromatic carbocycles. The van der Waals surface area contributed by atoms with Crippen molar-refractivity contribution < 1.29 is 0 Å². The van der Waals surface area contributed by atoms with Crippen LogP contribution in [0.2, 0.25) is 0 Å². The lowest BCUT2D eigenvalue weighted by molar-refractivity contribution is 0.264. The Bertz CT molecular complexity index is 263. The molecule has 3 heteroatoms. The first-order valence-electron chi connectivity index (χ1n) is 8.38. The Labute approximate surface area is 125 Å². The third-order valence-electron chi connectivity index (χ3n) is 3.98. The summed E-state index contributed by atoms with van der Waals surface area (Å²) in [5.41, 5.74) is 5.62. The summed E-state index contributed by atoms with van der Waals surface area (Å²) in [6.45, 7) is 5.45. The van der Waals surface area contributed by atoms with Crippen molar-refractivity contribution in [2.45, 2.75) is 70.4 Å². The molecule has 0 fully saturated rings. The second-order valence-corrected chi connectivity index (χ2v) is 5.72. The summed E-state index contributed by atoms with van der Waals surface area (Å²) < 4.78 is 0. The summed E-state index contributed by atoms with van der Waals surface area (Å²) in [5.74, 6) is 0. The van der Waals surface area contributed by atoms with E-state index in [-0.39, 0.29) is 0 Å². The van der Waals surface area contributed by atoms with Crippen LogP contribution in [0.3, 0.4) is 0 Å². The molecule has 0 radical (unpaired) electrons. The van der Waals surface area contributed by atoms with Crippen LogP contribution in [0.1, 0.15) is 64.2 Å². The fraction of sp³-hybridized carbons (Fsp3) is 0.765. The Morgan fingerprint density at radius 2 is 1.70 bits per heavy atom. The monoisotopic (exact) mass is 279 g/mol. The summed E-state index contributed by atoms with van der Waals surface area (Å²) in [7, 11) is 0. The molecular formula is C17H33N3. The van der Waals surface area contributed by atoms with E-state index < -0.39 is 0 Å². The highest BCUT2D eigenvalue weighted by Crippen LogP contribution is 2.14. The second kappa shape index (κ2) is 11.8. The molecule has 1 aliphatic rings. The number of nitrogens with zero attached hydrogens (tertiary/aromatic N) is 1. The van der Waals surface area contributed by atoms with Crippen molar-refractivity contribution in [2.24, 2.45) is 5.73 Å². The zero-order chi connectivity index (χ0) is 14.5. The Morgan fingerprint density at radius 1 is 1.05 bits per heavy atom. The first-order valence-corrected chi connectivity index (χ1v) is 8.38. The maximum absolute atomic E-state index is 5.62. The van der Waals surface area contributed by atoms with Gasteiger partial charge in [-0.15, -0.1) is 6.58 Å². The van der Waals surface area contributed by atoms with E-state index in [1.807, 2.05) is 12.3 Å². The van der Waals surface area contributed by atoms with Crippen LogP contribution in [0.25, 0.3) is 0 Å². The molecule has 1 aliphatic heterocycles. The van der Waals surface area contributed by atoms with Crippen LogP contribution >= 0.6 is 0 Å². The Morgan fingerprint density at radius 3 is 2.35 bits per heavy atom. The molecule has 1 unspecified atom stereocenters. The molecule has 1 heterocycles. The molecule has 116 valence electrons. The number of nitrogens with one attached hydrogen (secondary N) is 1. The van der Waals surface area contributed by atoms with Gasteiger partial charge in [0.05, 0.1) is 6.17 Å². The van der Waals surface area contributed by atoms with E-state index in [9.17, 15) is 0 Å². The molecule has 0 amide bonds. The molecule has 0 aliphatic carbocycles. The molecule has 0 aromatic heterocycles. The standard InChI is InChI=1S/C17H33N3/c1-2-3-4-5-6-7-8-9-10-11-12-17-19-14-16-20(17)15-13-18/h2,14,16-17,19H,1,3-13,15,18H2. The normalized spacial score (nSPS) is 17.4. The fourth-order valence-electron chi connectivity index (χ4n) is 2.77. The van der Waals surface area contributed by atoms with Crippen molar-refractivity contribution in [2.75, 3.05) is 13.1 Å². The molecule has 0 saturated heterocycles. The van der Waals surface area contributed by atoms with Gasteiger partial charge in [0.2, 0.25) is 0 Å². The van der Waals surface area contributed by atoms with Gasteiger partial charge in [0.25, 0.3) is 0 Å². The number of unbranched alkanes of at least 4 members (excludes halogenated alkanes) is 8. The fourth-order valence-corrected chi connectivity index (χ4v) is 2.77. The lowest BCUT2D eigenvalue weighted by Gasteiger charge is -2.25. The van der Waals surface area contributed by atoms with Gasteiger partial charge in [-0.1, -0.05) is 44.6 Å². The largest absolute Gasteiger partial charge is 0.370 e. The lowest BCUT2D eigenvalue weighted by atomic mass is 10.1. The van der Waals surface area contributed by atoms with Crippen molar-refractivity contribution in [3.63, 3.8) is 0 Å². The predicted molar refractivity (Wildman–Crippen MR) is 88.2 cm³/mol. The summed E-state index contributed by atoms with van der Waals surface area (Å²) >= 11 is 0. The quantitative estimate of drug-likeness (QED) is 0.399. The topological polar surface area (TPSA) is 41.3 Å². The van der Waals surface area contributed by atoms with Crippen molar-refractivity contribution >= 4 is 0 Å². The van der Waals surface area contributed by atoms with Crippen LogP contribution in [0, 0.1) is 0 Å². The predicted octanol–water partition coefficient (Wildman–Crippen LogP) is 3.73. The lowest BCUT2D eigenvalue weighted by Crippen LogP contribution is -2.37. The van der Waals surface area contributed by atoms with E-state index in [0.717, 1.165) is 13.1 Å². The van der Waals surface area contributed by atoms with Gasteiger partial charge in [-0.05, 0) is 25.7 Å². The zero-order valence-corrected chi connectivity index (χ0v) is 13.0. The Kier molecular flexibility index (Phi) is 10.1. The molecule has 3 N–H and O–H groups in total. The van der Waals surface area contributed by atoms with Gasteiger partial charge >= 0.3 is 0 Å². The number of allylic oxidation sites excluding steroid dienone is 1. The highest BCUT2D eigenvalue weighted by atomic mass is 15.3. The number of nitrogens with two attached hydrogens (primary N) is 1. The average Bonchev–Trinajstić information content (AvgIpc) is 2.89. The Hall–Kier alpha value is -0.960. The molecule has 1 rings (SSSR count). The third kappa shape index (κ3) is 7.59. The zero-order valence-electron chi connectivity index (χ0n) is 13.0. The van der Waals surface area contributed by atoms with Crippen molar-refractivity contribution in [1.29, 1.82) is 0 Å². The van der Waals surface area contributed by atoms with Crippen LogP contribution in [0.5, 0.6) is 0 Å². The van der Waals surface area contributed by atoms with Crippen molar-refractivity contribution in [1.82, 2.24) is 10.2 Å². The van der Waals surface area contributed by atoms with Crippen molar-refractivity contribution in [3.8, 4) is 0 Å². The third-order valence-corrected chi connectivity index (χ3v) is 3.98. The van der Waals surface area contributed by atoms with Crippen LogP contribution in [0.15, 0.2) is 25.1 Å². The molecule has 20 heavy (non-hydrogen) atoms. The van der Waals surface area contributed by atoms with Crippen molar-refractivity contribution in [3.05, 3.63) is 25.1 Å². The number of hydrogen-bond acceptors (Lipinski definition) is 3. The first kappa shape index (κ1) is 17.1. The van der Waals surface area contributed by atoms with Crippen LogP contribution in [-0.2, 0) is 0 Å². The summed E-state index contributed by atoms with van der Waals surface area (Å²) in [6.07, 6.45) is 20.0. The van der Waals surface area contributed by atoms with E-state index in [1.165, 1.54) is 64.2 Å². The van der Waals surface area contributed by atoms with Gasteiger partial charge < -0.3 is 16.0 Å². The van der Waals surface area contributed by atoms with Crippen LogP contribution in [-0.4, -0.2) is 24.2 Å². The number of hydrogen-bond donors (Lipinski definition) is 2. The van der Waals surface area contributed by atoms with Gasteiger partial charge in [0.1, 0.15) is 0 Å². The van der Waals surface area contributed by atoms with Gasteiger partial charge in [-0.2, -0.15) is 0 Å². The molecular weight excluding hydrogens is 246 g/mol. The molecule has 3 nitrogen and oxygen atoms in total. The van der Waals surface area contributed by atoms with Crippen LogP contribution < -0.4 is 11.1 Å². The van der Waals surface area contributed by atoms with E-state index >= 15 is 0 Å². The smallest absolute Gasteiger partial charge is 0.0981 e. The average molecular weight is 279 g/mol. The minimum absolute atomic E-state index is 0.484. The maximum atomic E-state index is 5.62. The summed E-state index contributed by atoms with van der Waals surface area (Å²) in [6, 6.07) is 0. The van der Waals surface area contributed by atoms with E-state index in [4.69, 9.17) is 5.73 Å². The first-order chi connectivity index (χ1) is 9.88. The molecule has 0 saturated carbocycles. The minimum atomic E-state index is 0.484. The number of rotatable bonds is 13. The SMILES string of the molecule is C=CCCCCCCCCCCC1NC=CN1CCN. The minimum Gasteiger partial charge on any atom is -0.370 e. The van der Waals surface area contributed by atoms with Crippen LogP contribution in [0.4, 0.5) is 0 Å². The van der Waals surface area contributed by atoms with Gasteiger partial charge in [-0.25, -0.2) is 0 Å². The van der Waals surface area contributed by atoms with E-state index in [1.54, 1.807) is 0 Å². The molecule has 0 aromatic rings. The molecule has 0 spiro atoms.